The Bertz CT molecular complexity index is 465. The van der Waals surface area contributed by atoms with Crippen LogP contribution in [0, 0.1) is 0 Å². The SMILES string of the molecule is C=CCOc1ccc(CNCc2ccco2)cc1.[Cl-]. The molecule has 0 aliphatic rings. The van der Waals surface area contributed by atoms with Gasteiger partial charge in [-0.05, 0) is 29.8 Å². The van der Waals surface area contributed by atoms with E-state index in [-0.39, 0.29) is 12.4 Å². The number of halogens is 1. The normalized spacial score (nSPS) is 9.68. The predicted octanol–water partition coefficient (Wildman–Crippen LogP) is 0.138. The fraction of sp³-hybridized carbons (Fsp3) is 0.200. The van der Waals surface area contributed by atoms with Crippen LogP contribution in [0.25, 0.3) is 0 Å². The molecule has 102 valence electrons. The van der Waals surface area contributed by atoms with Crippen molar-refractivity contribution < 1.29 is 21.6 Å². The lowest BCUT2D eigenvalue weighted by atomic mass is 10.2. The Balaban J connectivity index is 0.00000180. The first-order valence-electron chi connectivity index (χ1n) is 5.94. The molecule has 1 aromatic heterocycles. The third kappa shape index (κ3) is 5.20. The second-order valence-corrected chi connectivity index (χ2v) is 3.93. The van der Waals surface area contributed by atoms with E-state index in [0.29, 0.717) is 6.61 Å². The molecule has 0 radical (unpaired) electrons. The predicted molar refractivity (Wildman–Crippen MR) is 71.4 cm³/mol. The number of benzene rings is 1. The summed E-state index contributed by atoms with van der Waals surface area (Å²) in [6.07, 6.45) is 3.42. The van der Waals surface area contributed by atoms with E-state index in [1.54, 1.807) is 12.3 Å². The van der Waals surface area contributed by atoms with Crippen molar-refractivity contribution in [1.82, 2.24) is 5.32 Å². The highest BCUT2D eigenvalue weighted by Gasteiger charge is 1.97. The van der Waals surface area contributed by atoms with Crippen molar-refractivity contribution in [3.05, 3.63) is 66.6 Å². The maximum atomic E-state index is 5.42. The van der Waals surface area contributed by atoms with Gasteiger partial charge in [0.05, 0.1) is 12.8 Å². The van der Waals surface area contributed by atoms with Crippen LogP contribution >= 0.6 is 0 Å². The van der Waals surface area contributed by atoms with Crippen molar-refractivity contribution in [1.29, 1.82) is 0 Å². The molecule has 0 spiro atoms. The van der Waals surface area contributed by atoms with Crippen LogP contribution in [-0.2, 0) is 13.1 Å². The Morgan fingerprint density at radius 3 is 2.58 bits per heavy atom. The highest BCUT2D eigenvalue weighted by atomic mass is 35.5. The van der Waals surface area contributed by atoms with E-state index in [1.807, 2.05) is 36.4 Å². The highest BCUT2D eigenvalue weighted by molar-refractivity contribution is 5.27. The van der Waals surface area contributed by atoms with E-state index >= 15 is 0 Å². The van der Waals surface area contributed by atoms with E-state index in [4.69, 9.17) is 9.15 Å². The lowest BCUT2D eigenvalue weighted by molar-refractivity contribution is -0.00000461. The molecule has 0 aliphatic heterocycles. The Kier molecular flexibility index (Phi) is 6.79. The van der Waals surface area contributed by atoms with Crippen LogP contribution in [-0.4, -0.2) is 6.61 Å². The minimum absolute atomic E-state index is 0. The molecule has 0 saturated carbocycles. The Labute approximate surface area is 119 Å². The van der Waals surface area contributed by atoms with Crippen molar-refractivity contribution in [2.45, 2.75) is 13.1 Å². The molecule has 0 aliphatic carbocycles. The quantitative estimate of drug-likeness (QED) is 0.732. The maximum absolute atomic E-state index is 5.42. The van der Waals surface area contributed by atoms with Gasteiger partial charge in [0.2, 0.25) is 0 Å². The minimum Gasteiger partial charge on any atom is -1.00 e. The van der Waals surface area contributed by atoms with Crippen molar-refractivity contribution in [2.24, 2.45) is 0 Å². The first-order chi connectivity index (χ1) is 8.88. The average molecular weight is 279 g/mol. The van der Waals surface area contributed by atoms with Gasteiger partial charge in [0.15, 0.2) is 0 Å². The van der Waals surface area contributed by atoms with Gasteiger partial charge in [-0.15, -0.1) is 0 Å². The molecule has 1 aromatic carbocycles. The van der Waals surface area contributed by atoms with Crippen LogP contribution in [0.15, 0.2) is 59.7 Å². The second-order valence-electron chi connectivity index (χ2n) is 3.93. The van der Waals surface area contributed by atoms with Gasteiger partial charge in [-0.1, -0.05) is 24.8 Å². The summed E-state index contributed by atoms with van der Waals surface area (Å²) in [4.78, 5) is 0. The summed E-state index contributed by atoms with van der Waals surface area (Å²) in [5.74, 6) is 1.81. The largest absolute Gasteiger partial charge is 1.00 e. The molecule has 0 fully saturated rings. The Hall–Kier alpha value is -1.71. The van der Waals surface area contributed by atoms with Crippen LogP contribution in [0.4, 0.5) is 0 Å². The van der Waals surface area contributed by atoms with E-state index in [2.05, 4.69) is 11.9 Å². The summed E-state index contributed by atoms with van der Waals surface area (Å²) < 4.78 is 10.7. The van der Waals surface area contributed by atoms with Crippen molar-refractivity contribution in [3.8, 4) is 5.75 Å². The van der Waals surface area contributed by atoms with Gasteiger partial charge in [0.25, 0.3) is 0 Å². The lowest BCUT2D eigenvalue weighted by Crippen LogP contribution is -3.00. The lowest BCUT2D eigenvalue weighted by Gasteiger charge is -2.06. The average Bonchev–Trinajstić information content (AvgIpc) is 2.91. The van der Waals surface area contributed by atoms with E-state index in [0.717, 1.165) is 24.6 Å². The molecule has 0 atom stereocenters. The molecule has 19 heavy (non-hydrogen) atoms. The number of nitrogens with one attached hydrogen (secondary N) is 1. The number of hydrogen-bond acceptors (Lipinski definition) is 3. The van der Waals surface area contributed by atoms with Crippen LogP contribution < -0.4 is 22.5 Å². The van der Waals surface area contributed by atoms with Crippen molar-refractivity contribution >= 4 is 0 Å². The number of furan rings is 1. The van der Waals surface area contributed by atoms with Crippen molar-refractivity contribution in [2.75, 3.05) is 6.61 Å². The first kappa shape index (κ1) is 15.3. The second kappa shape index (κ2) is 8.40. The van der Waals surface area contributed by atoms with Crippen LogP contribution in [0.2, 0.25) is 0 Å². The fourth-order valence-electron chi connectivity index (χ4n) is 1.60. The summed E-state index contributed by atoms with van der Waals surface area (Å²) in [7, 11) is 0. The standard InChI is InChI=1S/C15H17NO2.ClH/c1-2-9-17-14-7-5-13(6-8-14)11-16-12-15-4-3-10-18-15;/h2-8,10,16H,1,9,11-12H2;1H/p-1. The summed E-state index contributed by atoms with van der Waals surface area (Å²) in [6, 6.07) is 11.9. The van der Waals surface area contributed by atoms with E-state index < -0.39 is 0 Å². The van der Waals surface area contributed by atoms with Crippen molar-refractivity contribution in [3.63, 3.8) is 0 Å². The van der Waals surface area contributed by atoms with Gasteiger partial charge < -0.3 is 26.9 Å². The Morgan fingerprint density at radius 2 is 1.95 bits per heavy atom. The maximum Gasteiger partial charge on any atom is 0.119 e. The van der Waals surface area contributed by atoms with E-state index in [1.165, 1.54) is 5.56 Å². The zero-order valence-electron chi connectivity index (χ0n) is 10.6. The molecule has 1 heterocycles. The molecule has 2 aromatic rings. The molecule has 0 saturated heterocycles. The molecule has 3 nitrogen and oxygen atoms in total. The topological polar surface area (TPSA) is 34.4 Å². The summed E-state index contributed by atoms with van der Waals surface area (Å²) in [5.41, 5.74) is 1.22. The van der Waals surface area contributed by atoms with Gasteiger partial charge in [-0.2, -0.15) is 0 Å². The number of rotatable bonds is 7. The molecule has 0 bridgehead atoms. The monoisotopic (exact) mass is 278 g/mol. The minimum atomic E-state index is 0. The van der Waals surface area contributed by atoms with Crippen LogP contribution in [0.5, 0.6) is 5.75 Å². The third-order valence-electron chi connectivity index (χ3n) is 2.50. The van der Waals surface area contributed by atoms with Crippen LogP contribution in [0.1, 0.15) is 11.3 Å². The van der Waals surface area contributed by atoms with Gasteiger partial charge in [-0.3, -0.25) is 0 Å². The molecule has 2 rings (SSSR count). The molecule has 0 unspecified atom stereocenters. The smallest absolute Gasteiger partial charge is 0.119 e. The molecule has 1 N–H and O–H groups in total. The van der Waals surface area contributed by atoms with Crippen LogP contribution in [0.3, 0.4) is 0 Å². The van der Waals surface area contributed by atoms with Gasteiger partial charge in [0, 0.05) is 6.54 Å². The zero-order valence-corrected chi connectivity index (χ0v) is 11.4. The molecule has 4 heteroatoms. The third-order valence-corrected chi connectivity index (χ3v) is 2.50. The van der Waals surface area contributed by atoms with Gasteiger partial charge in [0.1, 0.15) is 18.1 Å². The van der Waals surface area contributed by atoms with Gasteiger partial charge >= 0.3 is 0 Å². The van der Waals surface area contributed by atoms with Gasteiger partial charge in [-0.25, -0.2) is 0 Å². The van der Waals surface area contributed by atoms with E-state index in [9.17, 15) is 0 Å². The number of ether oxygens (including phenoxy) is 1. The summed E-state index contributed by atoms with van der Waals surface area (Å²) >= 11 is 0. The zero-order chi connectivity index (χ0) is 12.6. The summed E-state index contributed by atoms with van der Waals surface area (Å²) in [6.45, 7) is 5.70. The Morgan fingerprint density at radius 1 is 1.16 bits per heavy atom. The summed E-state index contributed by atoms with van der Waals surface area (Å²) in [5, 5.41) is 3.32. The first-order valence-corrected chi connectivity index (χ1v) is 5.94. The number of hydrogen-bond donors (Lipinski definition) is 1. The fourth-order valence-corrected chi connectivity index (χ4v) is 1.60. The molecule has 0 amide bonds. The highest BCUT2D eigenvalue weighted by Crippen LogP contribution is 2.12. The molecular weight excluding hydrogens is 262 g/mol. The molecular formula is C15H17ClNO2-.